The summed E-state index contributed by atoms with van der Waals surface area (Å²) in [7, 11) is 0. The van der Waals surface area contributed by atoms with Gasteiger partial charge in [0.2, 0.25) is 0 Å². The minimum atomic E-state index is -0.225. The second-order valence-electron chi connectivity index (χ2n) is 6.05. The molecule has 0 heterocycles. The summed E-state index contributed by atoms with van der Waals surface area (Å²) in [5.74, 6) is 5.89. The first-order chi connectivity index (χ1) is 11.8. The van der Waals surface area contributed by atoms with Gasteiger partial charge in [-0.3, -0.25) is 0 Å². The predicted molar refractivity (Wildman–Crippen MR) is 99.6 cm³/mol. The van der Waals surface area contributed by atoms with Gasteiger partial charge in [-0.25, -0.2) is 4.39 Å². The molecule has 0 unspecified atom stereocenters. The molecule has 0 fully saturated rings. The van der Waals surface area contributed by atoms with Gasteiger partial charge >= 0.3 is 0 Å². The summed E-state index contributed by atoms with van der Waals surface area (Å²) >= 11 is 0. The van der Waals surface area contributed by atoms with Crippen LogP contribution in [0.15, 0.2) is 60.7 Å². The molecule has 0 aliphatic carbocycles. The number of unbranched alkanes of at least 4 members (excludes halogenated alkanes) is 2. The number of hydrogen-bond donors (Lipinski definition) is 0. The summed E-state index contributed by atoms with van der Waals surface area (Å²) in [5, 5.41) is 2.25. The van der Waals surface area contributed by atoms with Crippen molar-refractivity contribution in [1.29, 1.82) is 0 Å². The predicted octanol–water partition coefficient (Wildman–Crippen LogP) is 6.11. The van der Waals surface area contributed by atoms with Crippen molar-refractivity contribution < 1.29 is 4.39 Å². The van der Waals surface area contributed by atoms with E-state index in [-0.39, 0.29) is 5.82 Å². The van der Waals surface area contributed by atoms with E-state index in [2.05, 4.69) is 30.9 Å². The fraction of sp³-hybridized carbons (Fsp3) is 0.217. The average Bonchev–Trinajstić information content (AvgIpc) is 2.61. The van der Waals surface area contributed by atoms with Crippen LogP contribution < -0.4 is 0 Å². The number of hydrogen-bond acceptors (Lipinski definition) is 0. The Labute approximate surface area is 143 Å². The molecule has 120 valence electrons. The molecule has 0 bridgehead atoms. The fourth-order valence-electron chi connectivity index (χ4n) is 2.86. The Bertz CT molecular complexity index is 891. The van der Waals surface area contributed by atoms with Crippen molar-refractivity contribution in [2.75, 3.05) is 0 Å². The molecule has 3 aromatic rings. The third-order valence-corrected chi connectivity index (χ3v) is 4.22. The van der Waals surface area contributed by atoms with Gasteiger partial charge in [0.15, 0.2) is 0 Å². The summed E-state index contributed by atoms with van der Waals surface area (Å²) in [5.41, 5.74) is 2.44. The van der Waals surface area contributed by atoms with Crippen molar-refractivity contribution in [3.63, 3.8) is 0 Å². The SMILES string of the molecule is CCCCCc1ccc(C#Cc2cccc3ccccc23)c(F)c1. The molecule has 0 saturated heterocycles. The molecule has 0 aliphatic rings. The third kappa shape index (κ3) is 3.84. The summed E-state index contributed by atoms with van der Waals surface area (Å²) < 4.78 is 14.3. The number of rotatable bonds is 4. The molecule has 0 amide bonds. The van der Waals surface area contributed by atoms with E-state index in [9.17, 15) is 4.39 Å². The molecule has 0 radical (unpaired) electrons. The lowest BCUT2D eigenvalue weighted by Gasteiger charge is -2.02. The van der Waals surface area contributed by atoms with E-state index in [0.717, 1.165) is 34.7 Å². The van der Waals surface area contributed by atoms with Crippen LogP contribution in [0.1, 0.15) is 42.9 Å². The molecule has 0 spiro atoms. The molecular formula is C23H21F. The molecule has 0 aromatic heterocycles. The number of fused-ring (bicyclic) bond motifs is 1. The van der Waals surface area contributed by atoms with E-state index < -0.39 is 0 Å². The Morgan fingerprint density at radius 2 is 1.62 bits per heavy atom. The molecule has 3 rings (SSSR count). The topological polar surface area (TPSA) is 0 Å². The maximum Gasteiger partial charge on any atom is 0.139 e. The van der Waals surface area contributed by atoms with Gasteiger partial charge in [0.1, 0.15) is 5.82 Å². The lowest BCUT2D eigenvalue weighted by molar-refractivity contribution is 0.619. The largest absolute Gasteiger partial charge is 0.206 e. The van der Waals surface area contributed by atoms with Gasteiger partial charge < -0.3 is 0 Å². The summed E-state index contributed by atoms with van der Waals surface area (Å²) in [6, 6.07) is 19.6. The first-order valence-electron chi connectivity index (χ1n) is 8.56. The Morgan fingerprint density at radius 3 is 2.46 bits per heavy atom. The fourth-order valence-corrected chi connectivity index (χ4v) is 2.86. The van der Waals surface area contributed by atoms with E-state index in [1.807, 2.05) is 36.4 Å². The van der Waals surface area contributed by atoms with Crippen molar-refractivity contribution in [2.24, 2.45) is 0 Å². The summed E-state index contributed by atoms with van der Waals surface area (Å²) in [6.45, 7) is 2.17. The molecular weight excluding hydrogens is 295 g/mol. The minimum Gasteiger partial charge on any atom is -0.206 e. The van der Waals surface area contributed by atoms with E-state index in [1.165, 1.54) is 12.8 Å². The molecule has 0 saturated carbocycles. The summed E-state index contributed by atoms with van der Waals surface area (Å²) in [4.78, 5) is 0. The first-order valence-corrected chi connectivity index (χ1v) is 8.56. The van der Waals surface area contributed by atoms with Crippen molar-refractivity contribution in [1.82, 2.24) is 0 Å². The summed E-state index contributed by atoms with van der Waals surface area (Å²) in [6.07, 6.45) is 4.40. The van der Waals surface area contributed by atoms with Crippen LogP contribution in [0.2, 0.25) is 0 Å². The quantitative estimate of drug-likeness (QED) is 0.402. The van der Waals surface area contributed by atoms with Crippen LogP contribution in [0.25, 0.3) is 10.8 Å². The van der Waals surface area contributed by atoms with Crippen LogP contribution in [-0.2, 0) is 6.42 Å². The number of benzene rings is 3. The average molecular weight is 316 g/mol. The van der Waals surface area contributed by atoms with Gasteiger partial charge in [-0.15, -0.1) is 0 Å². The van der Waals surface area contributed by atoms with Gasteiger partial charge in [0.25, 0.3) is 0 Å². The third-order valence-electron chi connectivity index (χ3n) is 4.22. The minimum absolute atomic E-state index is 0.225. The van der Waals surface area contributed by atoms with Crippen LogP contribution in [0, 0.1) is 17.7 Å². The molecule has 0 N–H and O–H groups in total. The molecule has 3 aromatic carbocycles. The first kappa shape index (κ1) is 16.3. The zero-order valence-electron chi connectivity index (χ0n) is 14.0. The van der Waals surface area contributed by atoms with Crippen LogP contribution in [-0.4, -0.2) is 0 Å². The Hall–Kier alpha value is -2.59. The standard InChI is InChI=1S/C23H21F/c1-2-3-4-8-18-13-14-21(23(24)17-18)16-15-20-11-7-10-19-9-5-6-12-22(19)20/h5-7,9-14,17H,2-4,8H2,1H3. The molecule has 0 nitrogen and oxygen atoms in total. The lowest BCUT2D eigenvalue weighted by Crippen LogP contribution is -1.90. The number of halogens is 1. The molecule has 1 heteroatoms. The molecule has 0 aliphatic heterocycles. The van der Waals surface area contributed by atoms with Gasteiger partial charge in [-0.1, -0.05) is 74.1 Å². The molecule has 24 heavy (non-hydrogen) atoms. The highest BCUT2D eigenvalue weighted by molar-refractivity contribution is 5.88. The van der Waals surface area contributed by atoms with Crippen molar-refractivity contribution in [2.45, 2.75) is 32.6 Å². The monoisotopic (exact) mass is 316 g/mol. The van der Waals surface area contributed by atoms with E-state index in [1.54, 1.807) is 12.1 Å². The van der Waals surface area contributed by atoms with Crippen molar-refractivity contribution >= 4 is 10.8 Å². The highest BCUT2D eigenvalue weighted by Gasteiger charge is 2.02. The highest BCUT2D eigenvalue weighted by Crippen LogP contribution is 2.18. The van der Waals surface area contributed by atoms with Crippen molar-refractivity contribution in [3.8, 4) is 11.8 Å². The Kier molecular flexibility index (Phi) is 5.29. The highest BCUT2D eigenvalue weighted by atomic mass is 19.1. The van der Waals surface area contributed by atoms with E-state index in [0.29, 0.717) is 5.56 Å². The van der Waals surface area contributed by atoms with Gasteiger partial charge in [-0.2, -0.15) is 0 Å². The maximum atomic E-state index is 14.3. The normalized spacial score (nSPS) is 10.4. The Morgan fingerprint density at radius 1 is 0.833 bits per heavy atom. The Balaban J connectivity index is 1.85. The van der Waals surface area contributed by atoms with E-state index >= 15 is 0 Å². The van der Waals surface area contributed by atoms with Gasteiger partial charge in [0, 0.05) is 5.56 Å². The van der Waals surface area contributed by atoms with Crippen LogP contribution in [0.3, 0.4) is 0 Å². The molecule has 0 atom stereocenters. The van der Waals surface area contributed by atoms with Crippen LogP contribution >= 0.6 is 0 Å². The zero-order valence-corrected chi connectivity index (χ0v) is 14.0. The smallest absolute Gasteiger partial charge is 0.139 e. The van der Waals surface area contributed by atoms with E-state index in [4.69, 9.17) is 0 Å². The van der Waals surface area contributed by atoms with Crippen LogP contribution in [0.4, 0.5) is 4.39 Å². The zero-order chi connectivity index (χ0) is 16.8. The van der Waals surface area contributed by atoms with Gasteiger partial charge in [0.05, 0.1) is 5.56 Å². The van der Waals surface area contributed by atoms with Crippen LogP contribution in [0.5, 0.6) is 0 Å². The van der Waals surface area contributed by atoms with Gasteiger partial charge in [-0.05, 0) is 47.4 Å². The maximum absolute atomic E-state index is 14.3. The lowest BCUT2D eigenvalue weighted by atomic mass is 10.0. The second kappa shape index (κ2) is 7.79. The number of aryl methyl sites for hydroxylation is 1. The van der Waals surface area contributed by atoms with Crippen molar-refractivity contribution in [3.05, 3.63) is 83.2 Å². The second-order valence-corrected chi connectivity index (χ2v) is 6.05.